The van der Waals surface area contributed by atoms with Crippen molar-refractivity contribution in [2.45, 2.75) is 46.8 Å². The van der Waals surface area contributed by atoms with Gasteiger partial charge in [0.15, 0.2) is 0 Å². The fourth-order valence-corrected chi connectivity index (χ4v) is 1.61. The van der Waals surface area contributed by atoms with Crippen LogP contribution in [0.15, 0.2) is 4.79 Å². The van der Waals surface area contributed by atoms with Crippen LogP contribution in [-0.4, -0.2) is 33.1 Å². The van der Waals surface area contributed by atoms with Crippen molar-refractivity contribution in [1.29, 1.82) is 0 Å². The van der Waals surface area contributed by atoms with Gasteiger partial charge in [-0.3, -0.25) is 4.79 Å². The molecular weight excluding hydrogens is 248 g/mol. The monoisotopic (exact) mass is 268 g/mol. The minimum absolute atomic E-state index is 0.219. The fraction of sp³-hybridized carbons (Fsp3) is 0.615. The van der Waals surface area contributed by atoms with Gasteiger partial charge in [0.1, 0.15) is 5.56 Å². The largest absolute Gasteiger partial charge is 0.477 e. The van der Waals surface area contributed by atoms with E-state index in [0.717, 1.165) is 4.68 Å². The first kappa shape index (κ1) is 15.4. The van der Waals surface area contributed by atoms with Crippen LogP contribution in [0.1, 0.15) is 42.4 Å². The van der Waals surface area contributed by atoms with Gasteiger partial charge >= 0.3 is 5.97 Å². The Hall–Kier alpha value is -1.69. The highest BCUT2D eigenvalue weighted by Crippen LogP contribution is 2.08. The molecule has 0 spiro atoms. The molecule has 0 fully saturated rings. The van der Waals surface area contributed by atoms with Crippen molar-refractivity contribution in [3.8, 4) is 0 Å². The summed E-state index contributed by atoms with van der Waals surface area (Å²) in [6, 6.07) is 0. The second kappa shape index (κ2) is 5.52. The Labute approximate surface area is 112 Å². The molecule has 6 nitrogen and oxygen atoms in total. The number of aryl methyl sites for hydroxylation is 1. The summed E-state index contributed by atoms with van der Waals surface area (Å²) in [5.74, 6) is -1.22. The highest BCUT2D eigenvalue weighted by atomic mass is 16.5. The van der Waals surface area contributed by atoms with Gasteiger partial charge in [-0.1, -0.05) is 0 Å². The Morgan fingerprint density at radius 1 is 1.37 bits per heavy atom. The number of ether oxygens (including phenoxy) is 1. The number of hydrogen-bond donors (Lipinski definition) is 1. The van der Waals surface area contributed by atoms with E-state index in [1.54, 1.807) is 13.8 Å². The molecule has 0 aliphatic carbocycles. The van der Waals surface area contributed by atoms with Gasteiger partial charge in [0.05, 0.1) is 24.4 Å². The molecule has 0 unspecified atom stereocenters. The zero-order valence-corrected chi connectivity index (χ0v) is 12.0. The molecular formula is C13H20N2O4. The average Bonchev–Trinajstić information content (AvgIpc) is 2.23. The normalized spacial score (nSPS) is 11.6. The van der Waals surface area contributed by atoms with Crippen molar-refractivity contribution in [2.24, 2.45) is 0 Å². The smallest absolute Gasteiger partial charge is 0.341 e. The average molecular weight is 268 g/mol. The van der Waals surface area contributed by atoms with Gasteiger partial charge in [-0.25, -0.2) is 9.48 Å². The third-order valence-corrected chi connectivity index (χ3v) is 2.69. The quantitative estimate of drug-likeness (QED) is 0.892. The lowest BCUT2D eigenvalue weighted by Gasteiger charge is -2.19. The summed E-state index contributed by atoms with van der Waals surface area (Å²) in [5.41, 5.74) is -0.173. The number of hydrogen-bond acceptors (Lipinski definition) is 4. The van der Waals surface area contributed by atoms with E-state index in [-0.39, 0.29) is 17.7 Å². The van der Waals surface area contributed by atoms with Crippen molar-refractivity contribution in [3.63, 3.8) is 0 Å². The first-order valence-electron chi connectivity index (χ1n) is 6.09. The zero-order valence-electron chi connectivity index (χ0n) is 12.0. The number of carboxylic acids is 1. The van der Waals surface area contributed by atoms with Crippen LogP contribution in [0.3, 0.4) is 0 Å². The molecule has 1 aromatic heterocycles. The summed E-state index contributed by atoms with van der Waals surface area (Å²) in [6.07, 6.45) is 0. The standard InChI is InChI=1S/C13H20N2O4/c1-8-9(2)14-15(6-7-19-13(3,4)5)11(16)10(8)12(17)18/h6-7H2,1-5H3,(H,17,18). The Balaban J connectivity index is 3.04. The van der Waals surface area contributed by atoms with Gasteiger partial charge in [-0.2, -0.15) is 5.10 Å². The number of nitrogens with zero attached hydrogens (tertiary/aromatic N) is 2. The molecule has 6 heteroatoms. The first-order valence-corrected chi connectivity index (χ1v) is 6.09. The van der Waals surface area contributed by atoms with Crippen LogP contribution in [0.5, 0.6) is 0 Å². The van der Waals surface area contributed by atoms with E-state index in [1.807, 2.05) is 20.8 Å². The van der Waals surface area contributed by atoms with E-state index in [4.69, 9.17) is 9.84 Å². The second-order valence-electron chi connectivity index (χ2n) is 5.38. The van der Waals surface area contributed by atoms with Crippen LogP contribution in [0.4, 0.5) is 0 Å². The Morgan fingerprint density at radius 3 is 2.42 bits per heavy atom. The summed E-state index contributed by atoms with van der Waals surface area (Å²) in [7, 11) is 0. The molecule has 1 heterocycles. The first-order chi connectivity index (χ1) is 8.63. The molecule has 0 aromatic carbocycles. The van der Waals surface area contributed by atoms with Crippen LogP contribution in [0, 0.1) is 13.8 Å². The molecule has 106 valence electrons. The van der Waals surface area contributed by atoms with E-state index in [9.17, 15) is 9.59 Å². The van der Waals surface area contributed by atoms with E-state index in [1.165, 1.54) is 0 Å². The predicted octanol–water partition coefficient (Wildman–Crippen LogP) is 1.37. The Morgan fingerprint density at radius 2 is 1.95 bits per heavy atom. The Kier molecular flexibility index (Phi) is 4.47. The van der Waals surface area contributed by atoms with Crippen molar-refractivity contribution >= 4 is 5.97 Å². The van der Waals surface area contributed by atoms with Crippen LogP contribution in [0.25, 0.3) is 0 Å². The molecule has 19 heavy (non-hydrogen) atoms. The number of aromatic carboxylic acids is 1. The molecule has 0 atom stereocenters. The number of carbonyl (C=O) groups is 1. The van der Waals surface area contributed by atoms with Gasteiger partial charge in [0.25, 0.3) is 5.56 Å². The van der Waals surface area contributed by atoms with Crippen LogP contribution < -0.4 is 5.56 Å². The lowest BCUT2D eigenvalue weighted by atomic mass is 10.1. The van der Waals surface area contributed by atoms with Crippen LogP contribution >= 0.6 is 0 Å². The molecule has 0 bridgehead atoms. The van der Waals surface area contributed by atoms with Gasteiger partial charge in [0, 0.05) is 0 Å². The summed E-state index contributed by atoms with van der Waals surface area (Å²) < 4.78 is 6.66. The van der Waals surface area contributed by atoms with Crippen LogP contribution in [0.2, 0.25) is 0 Å². The highest BCUT2D eigenvalue weighted by Gasteiger charge is 2.18. The molecule has 0 aliphatic heterocycles. The van der Waals surface area contributed by atoms with Gasteiger partial charge in [-0.05, 0) is 40.2 Å². The van der Waals surface area contributed by atoms with Crippen molar-refractivity contribution in [1.82, 2.24) is 9.78 Å². The molecule has 1 rings (SSSR count). The summed E-state index contributed by atoms with van der Waals surface area (Å²) in [5, 5.41) is 13.2. The molecule has 0 aliphatic rings. The Bertz CT molecular complexity index is 541. The summed E-state index contributed by atoms with van der Waals surface area (Å²) in [6.45, 7) is 9.53. The minimum atomic E-state index is -1.22. The lowest BCUT2D eigenvalue weighted by molar-refractivity contribution is -0.00847. The van der Waals surface area contributed by atoms with E-state index in [2.05, 4.69) is 5.10 Å². The van der Waals surface area contributed by atoms with E-state index in [0.29, 0.717) is 17.9 Å². The van der Waals surface area contributed by atoms with Crippen LogP contribution in [-0.2, 0) is 11.3 Å². The maximum absolute atomic E-state index is 12.0. The maximum Gasteiger partial charge on any atom is 0.341 e. The van der Waals surface area contributed by atoms with Crippen molar-refractivity contribution in [3.05, 3.63) is 27.2 Å². The second-order valence-corrected chi connectivity index (χ2v) is 5.38. The number of carboxylic acid groups (broad SMARTS) is 1. The summed E-state index contributed by atoms with van der Waals surface area (Å²) >= 11 is 0. The molecule has 0 saturated carbocycles. The molecule has 0 amide bonds. The SMILES string of the molecule is Cc1nn(CCOC(C)(C)C)c(=O)c(C(=O)O)c1C. The summed E-state index contributed by atoms with van der Waals surface area (Å²) in [4.78, 5) is 23.1. The predicted molar refractivity (Wildman–Crippen MR) is 70.6 cm³/mol. The topological polar surface area (TPSA) is 81.4 Å². The molecule has 1 N–H and O–H groups in total. The third kappa shape index (κ3) is 3.89. The van der Waals surface area contributed by atoms with Crippen molar-refractivity contribution < 1.29 is 14.6 Å². The zero-order chi connectivity index (χ0) is 14.8. The third-order valence-electron chi connectivity index (χ3n) is 2.69. The number of rotatable bonds is 4. The number of aromatic nitrogens is 2. The van der Waals surface area contributed by atoms with Crippen molar-refractivity contribution in [2.75, 3.05) is 6.61 Å². The lowest BCUT2D eigenvalue weighted by Crippen LogP contribution is -2.33. The molecule has 1 aromatic rings. The van der Waals surface area contributed by atoms with Gasteiger partial charge in [-0.15, -0.1) is 0 Å². The van der Waals surface area contributed by atoms with Gasteiger partial charge in [0.2, 0.25) is 0 Å². The van der Waals surface area contributed by atoms with Gasteiger partial charge < -0.3 is 9.84 Å². The van der Waals surface area contributed by atoms with E-state index < -0.39 is 11.5 Å². The molecule has 0 saturated heterocycles. The fourth-order valence-electron chi connectivity index (χ4n) is 1.61. The maximum atomic E-state index is 12.0. The highest BCUT2D eigenvalue weighted by molar-refractivity contribution is 5.88. The molecule has 0 radical (unpaired) electrons. The minimum Gasteiger partial charge on any atom is -0.477 e. The van der Waals surface area contributed by atoms with E-state index >= 15 is 0 Å².